The lowest BCUT2D eigenvalue weighted by Crippen LogP contribution is -2.32. The summed E-state index contributed by atoms with van der Waals surface area (Å²) >= 11 is 0. The summed E-state index contributed by atoms with van der Waals surface area (Å²) in [6.45, 7) is 4.37. The van der Waals surface area contributed by atoms with Crippen LogP contribution in [0, 0.1) is 0 Å². The third kappa shape index (κ3) is 4.33. The molecule has 0 spiro atoms. The normalized spacial score (nSPS) is 15.6. The van der Waals surface area contributed by atoms with E-state index >= 15 is 0 Å². The van der Waals surface area contributed by atoms with Crippen molar-refractivity contribution in [3.63, 3.8) is 0 Å². The molecule has 0 aromatic heterocycles. The zero-order valence-electron chi connectivity index (χ0n) is 11.6. The van der Waals surface area contributed by atoms with Gasteiger partial charge in [-0.2, -0.15) is 0 Å². The van der Waals surface area contributed by atoms with Crippen molar-refractivity contribution >= 4 is 5.91 Å². The van der Waals surface area contributed by atoms with Gasteiger partial charge in [0.2, 0.25) is 5.91 Å². The highest BCUT2D eigenvalue weighted by molar-refractivity contribution is 5.77. The van der Waals surface area contributed by atoms with Gasteiger partial charge in [-0.1, -0.05) is 24.3 Å². The molecule has 1 fully saturated rings. The van der Waals surface area contributed by atoms with E-state index in [9.17, 15) is 4.79 Å². The van der Waals surface area contributed by atoms with Gasteiger partial charge in [-0.15, -0.1) is 0 Å². The van der Waals surface area contributed by atoms with Gasteiger partial charge in [-0.05, 0) is 44.1 Å². The summed E-state index contributed by atoms with van der Waals surface area (Å²) in [5.74, 6) is 0.0403. The first-order chi connectivity index (χ1) is 9.29. The van der Waals surface area contributed by atoms with Gasteiger partial charge in [0.1, 0.15) is 0 Å². The second-order valence-electron chi connectivity index (χ2n) is 5.06. The average molecular weight is 261 g/mol. The van der Waals surface area contributed by atoms with Crippen molar-refractivity contribution in [2.45, 2.75) is 25.9 Å². The highest BCUT2D eigenvalue weighted by Crippen LogP contribution is 2.15. The predicted octanol–water partition coefficient (Wildman–Crippen LogP) is 1.12. The third-order valence-corrected chi connectivity index (χ3v) is 3.52. The van der Waals surface area contributed by atoms with Crippen LogP contribution in [0.4, 0.5) is 0 Å². The Balaban J connectivity index is 1.93. The Morgan fingerprint density at radius 1 is 1.21 bits per heavy atom. The Hall–Kier alpha value is -1.39. The molecule has 2 rings (SSSR count). The minimum Gasteiger partial charge on any atom is -0.351 e. The van der Waals surface area contributed by atoms with Crippen molar-refractivity contribution < 1.29 is 4.79 Å². The number of likely N-dealkylation sites (N-methyl/N-ethyl adjacent to an activating group) is 1. The highest BCUT2D eigenvalue weighted by Gasteiger charge is 2.13. The van der Waals surface area contributed by atoms with Gasteiger partial charge in [-0.3, -0.25) is 9.69 Å². The van der Waals surface area contributed by atoms with Crippen molar-refractivity contribution in [1.29, 1.82) is 0 Å². The zero-order valence-corrected chi connectivity index (χ0v) is 11.6. The van der Waals surface area contributed by atoms with Gasteiger partial charge >= 0.3 is 0 Å². The maximum Gasteiger partial charge on any atom is 0.234 e. The minimum atomic E-state index is 0.0403. The van der Waals surface area contributed by atoms with Crippen molar-refractivity contribution in [3.8, 4) is 0 Å². The fourth-order valence-corrected chi connectivity index (χ4v) is 2.48. The number of likely N-dealkylation sites (tertiary alicyclic amines) is 1. The van der Waals surface area contributed by atoms with Crippen LogP contribution < -0.4 is 10.6 Å². The van der Waals surface area contributed by atoms with E-state index in [0.29, 0.717) is 13.1 Å². The maximum absolute atomic E-state index is 11.5. The maximum atomic E-state index is 11.5. The van der Waals surface area contributed by atoms with E-state index in [1.807, 2.05) is 6.07 Å². The molecule has 1 aromatic rings. The summed E-state index contributed by atoms with van der Waals surface area (Å²) in [5.41, 5.74) is 2.55. The fraction of sp³-hybridized carbons (Fsp3) is 0.533. The monoisotopic (exact) mass is 261 g/mol. The summed E-state index contributed by atoms with van der Waals surface area (Å²) in [5, 5.41) is 5.80. The van der Waals surface area contributed by atoms with E-state index in [1.54, 1.807) is 7.05 Å². The number of hydrogen-bond donors (Lipinski definition) is 2. The quantitative estimate of drug-likeness (QED) is 0.806. The van der Waals surface area contributed by atoms with E-state index < -0.39 is 0 Å². The second-order valence-corrected chi connectivity index (χ2v) is 5.06. The van der Waals surface area contributed by atoms with Crippen LogP contribution in [-0.4, -0.2) is 37.5 Å². The smallest absolute Gasteiger partial charge is 0.234 e. The summed E-state index contributed by atoms with van der Waals surface area (Å²) in [6.07, 6.45) is 2.61. The van der Waals surface area contributed by atoms with Gasteiger partial charge < -0.3 is 10.6 Å². The number of benzene rings is 1. The van der Waals surface area contributed by atoms with Gasteiger partial charge in [0, 0.05) is 13.1 Å². The van der Waals surface area contributed by atoms with Crippen LogP contribution in [0.5, 0.6) is 0 Å². The molecular weight excluding hydrogens is 238 g/mol. The Bertz CT molecular complexity index is 414. The molecule has 19 heavy (non-hydrogen) atoms. The van der Waals surface area contributed by atoms with Crippen LogP contribution >= 0.6 is 0 Å². The fourth-order valence-electron chi connectivity index (χ4n) is 2.48. The van der Waals surface area contributed by atoms with Gasteiger partial charge in [0.15, 0.2) is 0 Å². The van der Waals surface area contributed by atoms with Crippen LogP contribution in [0.15, 0.2) is 24.3 Å². The van der Waals surface area contributed by atoms with Gasteiger partial charge in [-0.25, -0.2) is 0 Å². The van der Waals surface area contributed by atoms with Crippen molar-refractivity contribution in [2.75, 3.05) is 26.7 Å². The Morgan fingerprint density at radius 2 is 1.89 bits per heavy atom. The summed E-state index contributed by atoms with van der Waals surface area (Å²) < 4.78 is 0. The number of amides is 1. The number of nitrogens with one attached hydrogen (secondary N) is 2. The lowest BCUT2D eigenvalue weighted by Gasteiger charge is -2.17. The standard InChI is InChI=1S/C15H23N3O/c1-16-11-15(19)17-10-13-6-2-3-7-14(13)12-18-8-4-5-9-18/h2-3,6-7,16H,4-5,8-12H2,1H3,(H,17,19). The molecular formula is C15H23N3O. The summed E-state index contributed by atoms with van der Waals surface area (Å²) in [4.78, 5) is 14.0. The van der Waals surface area contributed by atoms with E-state index in [-0.39, 0.29) is 5.91 Å². The molecule has 1 amide bonds. The van der Waals surface area contributed by atoms with Crippen LogP contribution in [0.2, 0.25) is 0 Å². The van der Waals surface area contributed by atoms with Crippen LogP contribution in [0.25, 0.3) is 0 Å². The average Bonchev–Trinajstić information content (AvgIpc) is 2.91. The minimum absolute atomic E-state index is 0.0403. The molecule has 1 aliphatic rings. The molecule has 2 N–H and O–H groups in total. The molecule has 0 aliphatic carbocycles. The van der Waals surface area contributed by atoms with Crippen molar-refractivity contribution in [3.05, 3.63) is 35.4 Å². The lowest BCUT2D eigenvalue weighted by molar-refractivity contribution is -0.120. The van der Waals surface area contributed by atoms with E-state index in [4.69, 9.17) is 0 Å². The van der Waals surface area contributed by atoms with Crippen LogP contribution in [0.3, 0.4) is 0 Å². The van der Waals surface area contributed by atoms with Crippen LogP contribution in [0.1, 0.15) is 24.0 Å². The first-order valence-corrected chi connectivity index (χ1v) is 7.00. The number of carbonyl (C=O) groups is 1. The van der Waals surface area contributed by atoms with Gasteiger partial charge in [0.05, 0.1) is 6.54 Å². The molecule has 4 heteroatoms. The molecule has 1 heterocycles. The SMILES string of the molecule is CNCC(=O)NCc1ccccc1CN1CCCC1. The number of carbonyl (C=O) groups excluding carboxylic acids is 1. The molecule has 104 valence electrons. The number of rotatable bonds is 6. The molecule has 0 saturated carbocycles. The third-order valence-electron chi connectivity index (χ3n) is 3.52. The molecule has 0 atom stereocenters. The number of nitrogens with zero attached hydrogens (tertiary/aromatic N) is 1. The van der Waals surface area contributed by atoms with Crippen LogP contribution in [-0.2, 0) is 17.9 Å². The zero-order chi connectivity index (χ0) is 13.5. The number of hydrogen-bond acceptors (Lipinski definition) is 3. The van der Waals surface area contributed by atoms with E-state index in [1.165, 1.54) is 37.1 Å². The highest BCUT2D eigenvalue weighted by atomic mass is 16.1. The molecule has 0 unspecified atom stereocenters. The second kappa shape index (κ2) is 7.26. The Labute approximate surface area is 115 Å². The Morgan fingerprint density at radius 3 is 2.58 bits per heavy atom. The first-order valence-electron chi connectivity index (χ1n) is 7.00. The molecule has 4 nitrogen and oxygen atoms in total. The molecule has 0 bridgehead atoms. The van der Waals surface area contributed by atoms with E-state index in [2.05, 4.69) is 33.7 Å². The first kappa shape index (κ1) is 14.0. The van der Waals surface area contributed by atoms with Gasteiger partial charge in [0.25, 0.3) is 0 Å². The molecule has 1 aromatic carbocycles. The largest absolute Gasteiger partial charge is 0.351 e. The molecule has 1 saturated heterocycles. The van der Waals surface area contributed by atoms with E-state index in [0.717, 1.165) is 6.54 Å². The lowest BCUT2D eigenvalue weighted by atomic mass is 10.1. The topological polar surface area (TPSA) is 44.4 Å². The van der Waals surface area contributed by atoms with Crippen molar-refractivity contribution in [2.24, 2.45) is 0 Å². The molecule has 1 aliphatic heterocycles. The Kier molecular flexibility index (Phi) is 5.36. The predicted molar refractivity (Wildman–Crippen MR) is 76.7 cm³/mol. The summed E-state index contributed by atoms with van der Waals surface area (Å²) in [6, 6.07) is 8.38. The summed E-state index contributed by atoms with van der Waals surface area (Å²) in [7, 11) is 1.78. The molecule has 0 radical (unpaired) electrons. The van der Waals surface area contributed by atoms with Crippen molar-refractivity contribution in [1.82, 2.24) is 15.5 Å².